The van der Waals surface area contributed by atoms with Crippen LogP contribution in [0.2, 0.25) is 0 Å². The van der Waals surface area contributed by atoms with Gasteiger partial charge in [0.05, 0.1) is 6.10 Å². The predicted octanol–water partition coefficient (Wildman–Crippen LogP) is 2.26. The molecule has 0 aromatic heterocycles. The van der Waals surface area contributed by atoms with Gasteiger partial charge in [0.2, 0.25) is 0 Å². The molecule has 1 saturated heterocycles. The zero-order chi connectivity index (χ0) is 11.5. The molecular weight excluding hydrogens is 198 g/mol. The molecule has 1 aromatic carbocycles. The highest BCUT2D eigenvalue weighted by Gasteiger charge is 2.17. The lowest BCUT2D eigenvalue weighted by atomic mass is 10.0. The minimum Gasteiger partial charge on any atom is -0.392 e. The van der Waals surface area contributed by atoms with E-state index in [0.29, 0.717) is 0 Å². The van der Waals surface area contributed by atoms with Crippen LogP contribution in [0.4, 0.5) is 0 Å². The van der Waals surface area contributed by atoms with Crippen molar-refractivity contribution < 1.29 is 5.11 Å². The number of aliphatic hydroxyl groups is 1. The standard InChI is InChI=1S/C14H21NO/c1-11-5-6-12(2)13(8-11)9-15-7-3-4-14(16)10-15/h5-6,8,14,16H,3-4,7,9-10H2,1-2H3/t14-/m1/s1. The van der Waals surface area contributed by atoms with Crippen molar-refractivity contribution in [3.05, 3.63) is 34.9 Å². The average Bonchev–Trinajstić information content (AvgIpc) is 2.24. The van der Waals surface area contributed by atoms with Crippen LogP contribution in [-0.4, -0.2) is 29.2 Å². The van der Waals surface area contributed by atoms with Gasteiger partial charge in [-0.25, -0.2) is 0 Å². The largest absolute Gasteiger partial charge is 0.392 e. The zero-order valence-corrected chi connectivity index (χ0v) is 10.2. The van der Waals surface area contributed by atoms with Crippen LogP contribution in [0, 0.1) is 13.8 Å². The SMILES string of the molecule is Cc1ccc(C)c(CN2CCC[C@@H](O)C2)c1. The number of rotatable bonds is 2. The first-order valence-electron chi connectivity index (χ1n) is 6.11. The number of hydrogen-bond donors (Lipinski definition) is 1. The molecule has 1 aliphatic heterocycles. The summed E-state index contributed by atoms with van der Waals surface area (Å²) in [6.45, 7) is 7.21. The van der Waals surface area contributed by atoms with Crippen LogP contribution in [0.5, 0.6) is 0 Å². The Morgan fingerprint density at radius 2 is 2.19 bits per heavy atom. The van der Waals surface area contributed by atoms with Gasteiger partial charge in [0.15, 0.2) is 0 Å². The van der Waals surface area contributed by atoms with Crippen LogP contribution >= 0.6 is 0 Å². The summed E-state index contributed by atoms with van der Waals surface area (Å²) in [5, 5.41) is 9.64. The Bertz CT molecular complexity index is 362. The van der Waals surface area contributed by atoms with E-state index < -0.39 is 0 Å². The Hall–Kier alpha value is -0.860. The molecule has 0 unspecified atom stereocenters. The first kappa shape index (κ1) is 11.6. The van der Waals surface area contributed by atoms with E-state index in [1.54, 1.807) is 0 Å². The zero-order valence-electron chi connectivity index (χ0n) is 10.2. The molecular formula is C14H21NO. The normalized spacial score (nSPS) is 22.3. The lowest BCUT2D eigenvalue weighted by Crippen LogP contribution is -2.37. The smallest absolute Gasteiger partial charge is 0.0667 e. The fourth-order valence-electron chi connectivity index (χ4n) is 2.39. The summed E-state index contributed by atoms with van der Waals surface area (Å²) >= 11 is 0. The summed E-state index contributed by atoms with van der Waals surface area (Å²) in [6.07, 6.45) is 1.95. The third-order valence-electron chi connectivity index (χ3n) is 3.38. The van der Waals surface area contributed by atoms with Crippen molar-refractivity contribution in [2.45, 2.75) is 39.3 Å². The number of hydrogen-bond acceptors (Lipinski definition) is 2. The molecule has 0 aliphatic carbocycles. The van der Waals surface area contributed by atoms with Gasteiger partial charge >= 0.3 is 0 Å². The van der Waals surface area contributed by atoms with Gasteiger partial charge in [-0.1, -0.05) is 23.8 Å². The molecule has 88 valence electrons. The molecule has 0 amide bonds. The van der Waals surface area contributed by atoms with Crippen LogP contribution in [-0.2, 0) is 6.54 Å². The van der Waals surface area contributed by atoms with Gasteiger partial charge in [-0.15, -0.1) is 0 Å². The first-order chi connectivity index (χ1) is 7.65. The van der Waals surface area contributed by atoms with Gasteiger partial charge in [-0.2, -0.15) is 0 Å². The highest BCUT2D eigenvalue weighted by molar-refractivity contribution is 5.30. The maximum absolute atomic E-state index is 9.64. The molecule has 16 heavy (non-hydrogen) atoms. The molecule has 0 spiro atoms. The van der Waals surface area contributed by atoms with Gasteiger partial charge in [-0.3, -0.25) is 4.90 Å². The van der Waals surface area contributed by atoms with Crippen molar-refractivity contribution in [1.82, 2.24) is 4.90 Å². The predicted molar refractivity (Wildman–Crippen MR) is 66.4 cm³/mol. The van der Waals surface area contributed by atoms with Crippen molar-refractivity contribution in [2.24, 2.45) is 0 Å². The Morgan fingerprint density at radius 3 is 2.94 bits per heavy atom. The molecule has 0 bridgehead atoms. The molecule has 1 N–H and O–H groups in total. The van der Waals surface area contributed by atoms with E-state index >= 15 is 0 Å². The molecule has 1 fully saturated rings. The van der Waals surface area contributed by atoms with Crippen molar-refractivity contribution >= 4 is 0 Å². The van der Waals surface area contributed by atoms with Crippen LogP contribution in [0.1, 0.15) is 29.5 Å². The number of nitrogens with zero attached hydrogens (tertiary/aromatic N) is 1. The van der Waals surface area contributed by atoms with Crippen LogP contribution in [0.3, 0.4) is 0 Å². The van der Waals surface area contributed by atoms with E-state index in [0.717, 1.165) is 32.5 Å². The summed E-state index contributed by atoms with van der Waals surface area (Å²) in [5.41, 5.74) is 4.07. The number of piperidine rings is 1. The molecule has 0 saturated carbocycles. The molecule has 0 radical (unpaired) electrons. The van der Waals surface area contributed by atoms with Crippen molar-refractivity contribution in [1.29, 1.82) is 0 Å². The second-order valence-corrected chi connectivity index (χ2v) is 4.96. The molecule has 1 aliphatic rings. The molecule has 1 atom stereocenters. The van der Waals surface area contributed by atoms with E-state index in [4.69, 9.17) is 0 Å². The number of aryl methyl sites for hydroxylation is 2. The van der Waals surface area contributed by atoms with E-state index in [1.165, 1.54) is 16.7 Å². The van der Waals surface area contributed by atoms with Crippen LogP contribution in [0.15, 0.2) is 18.2 Å². The van der Waals surface area contributed by atoms with E-state index in [-0.39, 0.29) is 6.10 Å². The van der Waals surface area contributed by atoms with Gasteiger partial charge < -0.3 is 5.11 Å². The summed E-state index contributed by atoms with van der Waals surface area (Å²) < 4.78 is 0. The maximum Gasteiger partial charge on any atom is 0.0667 e. The topological polar surface area (TPSA) is 23.5 Å². The molecule has 2 heteroatoms. The minimum atomic E-state index is -0.126. The lowest BCUT2D eigenvalue weighted by molar-refractivity contribution is 0.0667. The monoisotopic (exact) mass is 219 g/mol. The quantitative estimate of drug-likeness (QED) is 0.824. The Balaban J connectivity index is 2.05. The molecule has 2 rings (SSSR count). The van der Waals surface area contributed by atoms with Crippen LogP contribution in [0.25, 0.3) is 0 Å². The Morgan fingerprint density at radius 1 is 1.38 bits per heavy atom. The van der Waals surface area contributed by atoms with E-state index in [2.05, 4.69) is 36.9 Å². The second-order valence-electron chi connectivity index (χ2n) is 4.96. The first-order valence-corrected chi connectivity index (χ1v) is 6.11. The molecule has 1 heterocycles. The fourth-order valence-corrected chi connectivity index (χ4v) is 2.39. The summed E-state index contributed by atoms with van der Waals surface area (Å²) in [4.78, 5) is 2.36. The molecule has 2 nitrogen and oxygen atoms in total. The number of likely N-dealkylation sites (tertiary alicyclic amines) is 1. The summed E-state index contributed by atoms with van der Waals surface area (Å²) in [5.74, 6) is 0. The van der Waals surface area contributed by atoms with Gasteiger partial charge in [-0.05, 0) is 44.4 Å². The number of aliphatic hydroxyl groups excluding tert-OH is 1. The third kappa shape index (κ3) is 2.83. The van der Waals surface area contributed by atoms with Crippen molar-refractivity contribution in [3.63, 3.8) is 0 Å². The number of β-amino-alcohol motifs (C(OH)–C–C–N with tert-alkyl or cyclic N) is 1. The summed E-state index contributed by atoms with van der Waals surface area (Å²) in [7, 11) is 0. The Kier molecular flexibility index (Phi) is 3.62. The second kappa shape index (κ2) is 4.98. The van der Waals surface area contributed by atoms with Gasteiger partial charge in [0.1, 0.15) is 0 Å². The van der Waals surface area contributed by atoms with Gasteiger partial charge in [0, 0.05) is 13.1 Å². The van der Waals surface area contributed by atoms with E-state index in [9.17, 15) is 5.11 Å². The highest BCUT2D eigenvalue weighted by Crippen LogP contribution is 2.17. The lowest BCUT2D eigenvalue weighted by Gasteiger charge is -2.30. The number of benzene rings is 1. The highest BCUT2D eigenvalue weighted by atomic mass is 16.3. The average molecular weight is 219 g/mol. The fraction of sp³-hybridized carbons (Fsp3) is 0.571. The minimum absolute atomic E-state index is 0.126. The molecule has 1 aromatic rings. The van der Waals surface area contributed by atoms with Crippen molar-refractivity contribution in [3.8, 4) is 0 Å². The third-order valence-corrected chi connectivity index (χ3v) is 3.38. The van der Waals surface area contributed by atoms with Gasteiger partial charge in [0.25, 0.3) is 0 Å². The van der Waals surface area contributed by atoms with Crippen molar-refractivity contribution in [2.75, 3.05) is 13.1 Å². The van der Waals surface area contributed by atoms with E-state index in [1.807, 2.05) is 0 Å². The summed E-state index contributed by atoms with van der Waals surface area (Å²) in [6, 6.07) is 6.60. The Labute approximate surface area is 97.9 Å². The maximum atomic E-state index is 9.64. The van der Waals surface area contributed by atoms with Crippen LogP contribution < -0.4 is 0 Å².